The van der Waals surface area contributed by atoms with E-state index in [2.05, 4.69) is 15.9 Å². The van der Waals surface area contributed by atoms with Gasteiger partial charge in [-0.25, -0.2) is 9.18 Å². The second-order valence-electron chi connectivity index (χ2n) is 6.39. The number of hydrogen-bond acceptors (Lipinski definition) is 2. The number of aryl methyl sites for hydroxylation is 1. The van der Waals surface area contributed by atoms with E-state index in [1.807, 2.05) is 34.6 Å². The first kappa shape index (κ1) is 18.0. The molecule has 0 spiro atoms. The maximum absolute atomic E-state index is 13.7. The number of halogens is 2. The molecule has 1 rings (SSSR count). The predicted octanol–water partition coefficient (Wildman–Crippen LogP) is 5.04. The smallest absolute Gasteiger partial charge is 0.410 e. The molecule has 0 atom stereocenters. The summed E-state index contributed by atoms with van der Waals surface area (Å²) in [6.45, 7) is 11.3. The lowest BCUT2D eigenvalue weighted by atomic mass is 10.1. The van der Waals surface area contributed by atoms with Crippen LogP contribution in [-0.4, -0.2) is 22.6 Å². The Hall–Kier alpha value is -1.10. The van der Waals surface area contributed by atoms with Gasteiger partial charge in [-0.05, 0) is 64.8 Å². The van der Waals surface area contributed by atoms with E-state index in [0.29, 0.717) is 12.1 Å². The standard InChI is InChI=1S/C16H23BrFNO2/c1-10(2)19(15(20)21-16(4,5)6)9-12-8-14(18)11(3)7-13(12)17/h7-8,10H,9H2,1-6H3. The highest BCUT2D eigenvalue weighted by molar-refractivity contribution is 9.10. The second-order valence-corrected chi connectivity index (χ2v) is 7.25. The van der Waals surface area contributed by atoms with Crippen molar-refractivity contribution < 1.29 is 13.9 Å². The zero-order valence-electron chi connectivity index (χ0n) is 13.5. The molecule has 1 amide bonds. The Bertz CT molecular complexity index is 524. The molecule has 118 valence electrons. The van der Waals surface area contributed by atoms with Gasteiger partial charge in [0.1, 0.15) is 11.4 Å². The molecule has 1 aromatic carbocycles. The number of ether oxygens (including phenoxy) is 1. The lowest BCUT2D eigenvalue weighted by molar-refractivity contribution is 0.0171. The summed E-state index contributed by atoms with van der Waals surface area (Å²) in [6.07, 6.45) is -0.398. The third kappa shape index (κ3) is 5.30. The highest BCUT2D eigenvalue weighted by Crippen LogP contribution is 2.24. The van der Waals surface area contributed by atoms with Crippen LogP contribution in [0, 0.1) is 12.7 Å². The number of rotatable bonds is 3. The zero-order valence-corrected chi connectivity index (χ0v) is 15.0. The second kappa shape index (κ2) is 6.77. The van der Waals surface area contributed by atoms with Gasteiger partial charge in [0.05, 0.1) is 6.54 Å². The molecule has 0 aromatic heterocycles. The Morgan fingerprint density at radius 2 is 1.95 bits per heavy atom. The van der Waals surface area contributed by atoms with Crippen LogP contribution in [0.25, 0.3) is 0 Å². The van der Waals surface area contributed by atoms with Crippen LogP contribution >= 0.6 is 15.9 Å². The minimum absolute atomic E-state index is 0.0453. The minimum atomic E-state index is -0.556. The molecule has 3 nitrogen and oxygen atoms in total. The van der Waals surface area contributed by atoms with E-state index in [1.54, 1.807) is 17.9 Å². The summed E-state index contributed by atoms with van der Waals surface area (Å²) >= 11 is 3.42. The van der Waals surface area contributed by atoms with Crippen molar-refractivity contribution in [3.8, 4) is 0 Å². The van der Waals surface area contributed by atoms with Gasteiger partial charge in [-0.15, -0.1) is 0 Å². The van der Waals surface area contributed by atoms with Crippen LogP contribution in [0.5, 0.6) is 0 Å². The molecular weight excluding hydrogens is 337 g/mol. The maximum Gasteiger partial charge on any atom is 0.410 e. The Balaban J connectivity index is 2.99. The summed E-state index contributed by atoms with van der Waals surface area (Å²) in [4.78, 5) is 13.8. The Labute approximate surface area is 134 Å². The van der Waals surface area contributed by atoms with Crippen LogP contribution in [0.1, 0.15) is 45.7 Å². The van der Waals surface area contributed by atoms with Crippen LogP contribution < -0.4 is 0 Å². The van der Waals surface area contributed by atoms with E-state index in [4.69, 9.17) is 4.74 Å². The number of nitrogens with zero attached hydrogens (tertiary/aromatic N) is 1. The first-order valence-electron chi connectivity index (χ1n) is 6.95. The van der Waals surface area contributed by atoms with Crippen LogP contribution in [0.2, 0.25) is 0 Å². The SMILES string of the molecule is Cc1cc(Br)c(CN(C(=O)OC(C)(C)C)C(C)C)cc1F. The van der Waals surface area contributed by atoms with Crippen LogP contribution in [-0.2, 0) is 11.3 Å². The fourth-order valence-electron chi connectivity index (χ4n) is 1.77. The average molecular weight is 360 g/mol. The summed E-state index contributed by atoms with van der Waals surface area (Å²) in [6, 6.07) is 3.13. The van der Waals surface area contributed by atoms with Crippen LogP contribution in [0.15, 0.2) is 16.6 Å². The number of carbonyl (C=O) groups is 1. The highest BCUT2D eigenvalue weighted by atomic mass is 79.9. The monoisotopic (exact) mass is 359 g/mol. The van der Waals surface area contributed by atoms with Gasteiger partial charge in [0.25, 0.3) is 0 Å². The summed E-state index contributed by atoms with van der Waals surface area (Å²) in [5, 5.41) is 0. The van der Waals surface area contributed by atoms with Gasteiger partial charge in [-0.2, -0.15) is 0 Å². The lowest BCUT2D eigenvalue weighted by Gasteiger charge is -2.30. The Morgan fingerprint density at radius 3 is 2.43 bits per heavy atom. The molecule has 0 radical (unpaired) electrons. The van der Waals surface area contributed by atoms with Gasteiger partial charge in [0.15, 0.2) is 0 Å². The van der Waals surface area contributed by atoms with Gasteiger partial charge in [-0.1, -0.05) is 15.9 Å². The molecule has 0 N–H and O–H groups in total. The fourth-order valence-corrected chi connectivity index (χ4v) is 2.35. The van der Waals surface area contributed by atoms with E-state index < -0.39 is 11.7 Å². The maximum atomic E-state index is 13.7. The van der Waals surface area contributed by atoms with E-state index in [-0.39, 0.29) is 11.9 Å². The molecule has 0 bridgehead atoms. The van der Waals surface area contributed by atoms with Crippen LogP contribution in [0.3, 0.4) is 0 Å². The van der Waals surface area contributed by atoms with Crippen molar-refractivity contribution in [1.82, 2.24) is 4.90 Å². The van der Waals surface area contributed by atoms with Crippen molar-refractivity contribution in [1.29, 1.82) is 0 Å². The van der Waals surface area contributed by atoms with Gasteiger partial charge in [-0.3, -0.25) is 0 Å². The topological polar surface area (TPSA) is 29.5 Å². The summed E-state index contributed by atoms with van der Waals surface area (Å²) in [5.74, 6) is -0.277. The summed E-state index contributed by atoms with van der Waals surface area (Å²) in [7, 11) is 0. The molecule has 0 saturated heterocycles. The van der Waals surface area contributed by atoms with Crippen molar-refractivity contribution in [2.45, 2.75) is 59.7 Å². The Morgan fingerprint density at radius 1 is 1.38 bits per heavy atom. The number of carbonyl (C=O) groups excluding carboxylic acids is 1. The summed E-state index contributed by atoms with van der Waals surface area (Å²) in [5.41, 5.74) is 0.733. The average Bonchev–Trinajstić information content (AvgIpc) is 2.29. The lowest BCUT2D eigenvalue weighted by Crippen LogP contribution is -2.40. The van der Waals surface area contributed by atoms with Crippen molar-refractivity contribution in [2.24, 2.45) is 0 Å². The molecule has 0 saturated carbocycles. The first-order valence-corrected chi connectivity index (χ1v) is 7.74. The number of amides is 1. The molecule has 5 heteroatoms. The van der Waals surface area contributed by atoms with Crippen LogP contribution in [0.4, 0.5) is 9.18 Å². The predicted molar refractivity (Wildman–Crippen MR) is 85.8 cm³/mol. The van der Waals surface area contributed by atoms with Crippen molar-refractivity contribution in [2.75, 3.05) is 0 Å². The zero-order chi connectivity index (χ0) is 16.4. The van der Waals surface area contributed by atoms with Crippen molar-refractivity contribution in [3.05, 3.63) is 33.5 Å². The molecule has 0 fully saturated rings. The van der Waals surface area contributed by atoms with E-state index >= 15 is 0 Å². The third-order valence-corrected chi connectivity index (χ3v) is 3.66. The number of benzene rings is 1. The van der Waals surface area contributed by atoms with Gasteiger partial charge < -0.3 is 9.64 Å². The highest BCUT2D eigenvalue weighted by Gasteiger charge is 2.25. The van der Waals surface area contributed by atoms with Crippen molar-refractivity contribution >= 4 is 22.0 Å². The normalized spacial score (nSPS) is 11.7. The van der Waals surface area contributed by atoms with Gasteiger partial charge in [0, 0.05) is 10.5 Å². The van der Waals surface area contributed by atoms with E-state index in [9.17, 15) is 9.18 Å². The molecule has 21 heavy (non-hydrogen) atoms. The van der Waals surface area contributed by atoms with E-state index in [0.717, 1.165) is 10.0 Å². The Kier molecular flexibility index (Phi) is 5.79. The molecule has 0 aliphatic rings. The van der Waals surface area contributed by atoms with E-state index in [1.165, 1.54) is 6.07 Å². The molecule has 0 aliphatic heterocycles. The third-order valence-electron chi connectivity index (χ3n) is 2.92. The largest absolute Gasteiger partial charge is 0.444 e. The molecule has 0 heterocycles. The minimum Gasteiger partial charge on any atom is -0.444 e. The fraction of sp³-hybridized carbons (Fsp3) is 0.562. The molecule has 1 aromatic rings. The summed E-state index contributed by atoms with van der Waals surface area (Å²) < 4.78 is 19.9. The van der Waals surface area contributed by atoms with Crippen molar-refractivity contribution in [3.63, 3.8) is 0 Å². The van der Waals surface area contributed by atoms with Gasteiger partial charge in [0.2, 0.25) is 0 Å². The quantitative estimate of drug-likeness (QED) is 0.756. The first-order chi connectivity index (χ1) is 9.51. The molecule has 0 aliphatic carbocycles. The molecule has 0 unspecified atom stereocenters. The van der Waals surface area contributed by atoms with Gasteiger partial charge >= 0.3 is 6.09 Å². The number of hydrogen-bond donors (Lipinski definition) is 0. The molecular formula is C16H23BrFNO2.